The summed E-state index contributed by atoms with van der Waals surface area (Å²) in [5, 5.41) is 21.8. The molecule has 1 aromatic carbocycles. The molecule has 0 saturated carbocycles. The first-order chi connectivity index (χ1) is 12.1. The third-order valence-electron chi connectivity index (χ3n) is 4.52. The van der Waals surface area contributed by atoms with Crippen LogP contribution in [0.15, 0.2) is 24.3 Å². The average molecular weight is 349 g/mol. The smallest absolute Gasteiger partial charge is 0.320 e. The third-order valence-corrected chi connectivity index (χ3v) is 4.52. The van der Waals surface area contributed by atoms with E-state index in [9.17, 15) is 19.8 Å². The van der Waals surface area contributed by atoms with Crippen LogP contribution in [-0.4, -0.2) is 53.9 Å². The number of aliphatic hydroxyl groups excluding tert-OH is 1. The lowest BCUT2D eigenvalue weighted by molar-refractivity contribution is -0.140. The molecule has 0 aromatic heterocycles. The minimum absolute atomic E-state index is 0.147. The largest absolute Gasteiger partial charge is 0.480 e. The minimum atomic E-state index is -0.958. The van der Waals surface area contributed by atoms with E-state index in [-0.39, 0.29) is 19.1 Å². The van der Waals surface area contributed by atoms with E-state index in [0.717, 1.165) is 17.7 Å². The molecule has 2 atom stereocenters. The predicted molar refractivity (Wildman–Crippen MR) is 95.5 cm³/mol. The van der Waals surface area contributed by atoms with Crippen molar-refractivity contribution < 1.29 is 19.8 Å². The van der Waals surface area contributed by atoms with Gasteiger partial charge in [0.2, 0.25) is 5.91 Å². The van der Waals surface area contributed by atoms with E-state index in [1.807, 2.05) is 24.3 Å². The number of nitrogens with one attached hydrogen (secondary N) is 1. The maximum absolute atomic E-state index is 12.9. The van der Waals surface area contributed by atoms with Gasteiger partial charge >= 0.3 is 5.97 Å². The third kappa shape index (κ3) is 5.01. The molecule has 1 aliphatic heterocycles. The molecule has 5 N–H and O–H groups in total. The van der Waals surface area contributed by atoms with Crippen molar-refractivity contribution in [2.24, 2.45) is 5.73 Å². The summed E-state index contributed by atoms with van der Waals surface area (Å²) < 4.78 is 0. The molecule has 0 fully saturated rings. The van der Waals surface area contributed by atoms with Crippen molar-refractivity contribution >= 4 is 17.6 Å². The molecular weight excluding hydrogens is 322 g/mol. The van der Waals surface area contributed by atoms with Crippen molar-refractivity contribution in [1.29, 1.82) is 0 Å². The number of amides is 1. The number of unbranched alkanes of at least 4 members (excludes halogenated alkanes) is 1. The summed E-state index contributed by atoms with van der Waals surface area (Å²) >= 11 is 0. The molecule has 0 radical (unpaired) electrons. The van der Waals surface area contributed by atoms with Crippen molar-refractivity contribution in [2.75, 3.05) is 24.6 Å². The van der Waals surface area contributed by atoms with Gasteiger partial charge in [-0.15, -0.1) is 0 Å². The van der Waals surface area contributed by atoms with Gasteiger partial charge < -0.3 is 20.8 Å². The Morgan fingerprint density at radius 1 is 1.36 bits per heavy atom. The van der Waals surface area contributed by atoms with E-state index in [1.54, 1.807) is 4.90 Å². The second-order valence-electron chi connectivity index (χ2n) is 6.28. The van der Waals surface area contributed by atoms with E-state index >= 15 is 0 Å². The molecule has 0 spiro atoms. The van der Waals surface area contributed by atoms with E-state index in [1.165, 1.54) is 0 Å². The summed E-state index contributed by atoms with van der Waals surface area (Å²) in [5.41, 5.74) is 7.29. The molecule has 0 unspecified atom stereocenters. The van der Waals surface area contributed by atoms with Crippen LogP contribution in [0.25, 0.3) is 0 Å². The average Bonchev–Trinajstić information content (AvgIpc) is 2.73. The van der Waals surface area contributed by atoms with Gasteiger partial charge in [0.25, 0.3) is 0 Å². The van der Waals surface area contributed by atoms with Crippen LogP contribution in [0.2, 0.25) is 0 Å². The maximum atomic E-state index is 12.9. The van der Waals surface area contributed by atoms with Gasteiger partial charge in [-0.1, -0.05) is 24.6 Å². The Balaban J connectivity index is 2.16. The van der Waals surface area contributed by atoms with Gasteiger partial charge in [0.05, 0.1) is 12.6 Å². The lowest BCUT2D eigenvalue weighted by Crippen LogP contribution is -2.52. The van der Waals surface area contributed by atoms with E-state index in [0.29, 0.717) is 32.2 Å². The topological polar surface area (TPSA) is 116 Å². The second-order valence-corrected chi connectivity index (χ2v) is 6.28. The molecule has 0 saturated heterocycles. The zero-order valence-corrected chi connectivity index (χ0v) is 14.4. The molecule has 7 heteroatoms. The van der Waals surface area contributed by atoms with Crippen molar-refractivity contribution in [3.63, 3.8) is 0 Å². The standard InChI is InChI=1S/C18H27N3O4/c19-10-4-3-6-15(18(24)25)20-14-9-8-13-5-1-2-7-16(13)21(11-12-22)17(14)23/h1-2,5,7,14-15,20,22H,3-4,6,8-12,19H2,(H,24,25)/t14-,15-/m0/s1. The highest BCUT2D eigenvalue weighted by Gasteiger charge is 2.32. The van der Waals surface area contributed by atoms with Crippen LogP contribution in [0.4, 0.5) is 5.69 Å². The Bertz CT molecular complexity index is 593. The van der Waals surface area contributed by atoms with Crippen molar-refractivity contribution in [2.45, 2.75) is 44.2 Å². The van der Waals surface area contributed by atoms with Gasteiger partial charge in [-0.05, 0) is 43.9 Å². The summed E-state index contributed by atoms with van der Waals surface area (Å²) in [6, 6.07) is 6.24. The Labute approximate surface area is 147 Å². The molecular formula is C18H27N3O4. The normalized spacial score (nSPS) is 18.6. The van der Waals surface area contributed by atoms with Crippen molar-refractivity contribution in [3.05, 3.63) is 29.8 Å². The van der Waals surface area contributed by atoms with E-state index in [2.05, 4.69) is 5.32 Å². The number of carbonyl (C=O) groups is 2. The molecule has 1 heterocycles. The highest BCUT2D eigenvalue weighted by atomic mass is 16.4. The monoisotopic (exact) mass is 349 g/mol. The van der Waals surface area contributed by atoms with Crippen LogP contribution >= 0.6 is 0 Å². The number of fused-ring (bicyclic) bond motifs is 1. The van der Waals surface area contributed by atoms with Gasteiger partial charge in [0.15, 0.2) is 0 Å². The molecule has 1 amide bonds. The number of carbonyl (C=O) groups excluding carboxylic acids is 1. The molecule has 138 valence electrons. The molecule has 1 aliphatic rings. The first kappa shape index (κ1) is 19.4. The molecule has 2 rings (SSSR count). The van der Waals surface area contributed by atoms with Crippen LogP contribution in [0.1, 0.15) is 31.2 Å². The van der Waals surface area contributed by atoms with Crippen LogP contribution < -0.4 is 16.0 Å². The molecule has 25 heavy (non-hydrogen) atoms. The fourth-order valence-corrected chi connectivity index (χ4v) is 3.21. The number of carboxylic acids is 1. The van der Waals surface area contributed by atoms with Gasteiger partial charge in [-0.3, -0.25) is 14.9 Å². The number of carboxylic acid groups (broad SMARTS) is 1. The number of rotatable bonds is 9. The zero-order chi connectivity index (χ0) is 18.2. The summed E-state index contributed by atoms with van der Waals surface area (Å²) in [6.45, 7) is 0.568. The van der Waals surface area contributed by atoms with Gasteiger partial charge in [0.1, 0.15) is 6.04 Å². The van der Waals surface area contributed by atoms with Crippen molar-refractivity contribution in [1.82, 2.24) is 5.32 Å². The highest BCUT2D eigenvalue weighted by molar-refractivity contribution is 5.99. The number of aryl methyl sites for hydroxylation is 1. The summed E-state index contributed by atoms with van der Waals surface area (Å²) in [5.74, 6) is -1.15. The number of hydrogen-bond donors (Lipinski definition) is 4. The van der Waals surface area contributed by atoms with Crippen LogP contribution in [0.3, 0.4) is 0 Å². The fraction of sp³-hybridized carbons (Fsp3) is 0.556. The Morgan fingerprint density at radius 2 is 2.12 bits per heavy atom. The quantitative estimate of drug-likeness (QED) is 0.483. The zero-order valence-electron chi connectivity index (χ0n) is 14.4. The number of β-amino-alcohol motifs (C(OH)–C–C–N with tert-alkyl or cyclic N) is 1. The lowest BCUT2D eigenvalue weighted by Gasteiger charge is -2.27. The number of anilines is 1. The van der Waals surface area contributed by atoms with Gasteiger partial charge in [-0.2, -0.15) is 0 Å². The Morgan fingerprint density at radius 3 is 2.80 bits per heavy atom. The summed E-state index contributed by atoms with van der Waals surface area (Å²) in [7, 11) is 0. The number of para-hydroxylation sites is 1. The maximum Gasteiger partial charge on any atom is 0.320 e. The van der Waals surface area contributed by atoms with Crippen LogP contribution in [0, 0.1) is 0 Å². The van der Waals surface area contributed by atoms with Crippen LogP contribution in [-0.2, 0) is 16.0 Å². The molecule has 0 bridgehead atoms. The molecule has 0 aliphatic carbocycles. The van der Waals surface area contributed by atoms with Gasteiger partial charge in [-0.25, -0.2) is 0 Å². The van der Waals surface area contributed by atoms with E-state index in [4.69, 9.17) is 5.73 Å². The van der Waals surface area contributed by atoms with Crippen molar-refractivity contribution in [3.8, 4) is 0 Å². The minimum Gasteiger partial charge on any atom is -0.480 e. The predicted octanol–water partition coefficient (Wildman–Crippen LogP) is 0.498. The first-order valence-electron chi connectivity index (χ1n) is 8.77. The summed E-state index contributed by atoms with van der Waals surface area (Å²) in [6.07, 6.45) is 3.09. The Hall–Kier alpha value is -1.96. The SMILES string of the molecule is NCCCC[C@H](N[C@H]1CCc2ccccc2N(CCO)C1=O)C(=O)O. The number of benzene rings is 1. The lowest BCUT2D eigenvalue weighted by atomic mass is 10.0. The molecule has 7 nitrogen and oxygen atoms in total. The highest BCUT2D eigenvalue weighted by Crippen LogP contribution is 2.27. The number of aliphatic carboxylic acids is 1. The number of nitrogens with two attached hydrogens (primary N) is 1. The second kappa shape index (κ2) is 9.50. The Kier molecular flexibility index (Phi) is 7.36. The fourth-order valence-electron chi connectivity index (χ4n) is 3.21. The molecule has 1 aromatic rings. The van der Waals surface area contributed by atoms with Crippen LogP contribution in [0.5, 0.6) is 0 Å². The number of aliphatic hydroxyl groups is 1. The van der Waals surface area contributed by atoms with Gasteiger partial charge in [0, 0.05) is 12.2 Å². The first-order valence-corrected chi connectivity index (χ1v) is 8.77. The number of nitrogens with zero attached hydrogens (tertiary/aromatic N) is 1. The number of hydrogen-bond acceptors (Lipinski definition) is 5. The summed E-state index contributed by atoms with van der Waals surface area (Å²) in [4.78, 5) is 26.0. The van der Waals surface area contributed by atoms with E-state index < -0.39 is 18.1 Å².